The van der Waals surface area contributed by atoms with Gasteiger partial charge in [-0.3, -0.25) is 9.89 Å². The Labute approximate surface area is 168 Å². The number of likely N-dealkylation sites (N-methyl/N-ethyl adjacent to an activating group) is 1. The van der Waals surface area contributed by atoms with E-state index < -0.39 is 0 Å². The van der Waals surface area contributed by atoms with Gasteiger partial charge in [0.1, 0.15) is 12.4 Å². The fraction of sp³-hybridized carbons (Fsp3) is 0.842. The average molecular weight is 393 g/mol. The summed E-state index contributed by atoms with van der Waals surface area (Å²) in [6.45, 7) is 11.8. The minimum Gasteiger partial charge on any atom is -0.377 e. The van der Waals surface area contributed by atoms with Crippen LogP contribution in [0.1, 0.15) is 31.9 Å². The maximum absolute atomic E-state index is 5.15. The highest BCUT2D eigenvalue weighted by Crippen LogP contribution is 2.13. The molecule has 0 amide bonds. The number of guanidine groups is 1. The van der Waals surface area contributed by atoms with Crippen molar-refractivity contribution in [2.45, 2.75) is 51.9 Å². The SMILES string of the molecule is CCNC(=NCC(C)N1CCN(C)CC1)NC1CCc2nc(COC)nn2C1. The van der Waals surface area contributed by atoms with Crippen LogP contribution in [0.25, 0.3) is 0 Å². The van der Waals surface area contributed by atoms with E-state index in [1.54, 1.807) is 7.11 Å². The van der Waals surface area contributed by atoms with E-state index in [9.17, 15) is 0 Å². The van der Waals surface area contributed by atoms with Gasteiger partial charge in [0.2, 0.25) is 0 Å². The van der Waals surface area contributed by atoms with E-state index in [0.29, 0.717) is 18.7 Å². The molecule has 0 bridgehead atoms. The molecule has 2 unspecified atom stereocenters. The largest absolute Gasteiger partial charge is 0.377 e. The number of hydrogen-bond donors (Lipinski definition) is 2. The van der Waals surface area contributed by atoms with Gasteiger partial charge in [0.15, 0.2) is 11.8 Å². The topological polar surface area (TPSA) is 82.8 Å². The lowest BCUT2D eigenvalue weighted by Crippen LogP contribution is -2.50. The Morgan fingerprint density at radius 3 is 2.82 bits per heavy atom. The van der Waals surface area contributed by atoms with Crippen LogP contribution in [0.15, 0.2) is 4.99 Å². The van der Waals surface area contributed by atoms with E-state index in [4.69, 9.17) is 9.73 Å². The van der Waals surface area contributed by atoms with Crippen LogP contribution in [-0.4, -0.2) is 96.0 Å². The van der Waals surface area contributed by atoms with Crippen molar-refractivity contribution in [1.82, 2.24) is 35.2 Å². The summed E-state index contributed by atoms with van der Waals surface area (Å²) < 4.78 is 7.16. The number of ether oxygens (including phenoxy) is 1. The maximum Gasteiger partial charge on any atom is 0.191 e. The van der Waals surface area contributed by atoms with Crippen molar-refractivity contribution >= 4 is 5.96 Å². The third-order valence-corrected chi connectivity index (χ3v) is 5.54. The van der Waals surface area contributed by atoms with Gasteiger partial charge in [0.05, 0.1) is 13.1 Å². The van der Waals surface area contributed by atoms with E-state index >= 15 is 0 Å². The van der Waals surface area contributed by atoms with Gasteiger partial charge < -0.3 is 20.3 Å². The number of fused-ring (bicyclic) bond motifs is 1. The van der Waals surface area contributed by atoms with Crippen LogP contribution in [0.3, 0.4) is 0 Å². The molecule has 158 valence electrons. The Hall–Kier alpha value is -1.71. The normalized spacial score (nSPS) is 22.7. The Balaban J connectivity index is 1.54. The summed E-state index contributed by atoms with van der Waals surface area (Å²) in [5.41, 5.74) is 0. The Bertz CT molecular complexity index is 638. The molecule has 0 radical (unpaired) electrons. The molecule has 1 aromatic heterocycles. The molecule has 0 aromatic carbocycles. The summed E-state index contributed by atoms with van der Waals surface area (Å²) in [5.74, 6) is 2.71. The van der Waals surface area contributed by atoms with Crippen LogP contribution < -0.4 is 10.6 Å². The average Bonchev–Trinajstić information content (AvgIpc) is 3.08. The summed E-state index contributed by atoms with van der Waals surface area (Å²) in [7, 11) is 3.86. The molecule has 2 aliphatic heterocycles. The van der Waals surface area contributed by atoms with Gasteiger partial charge in [0, 0.05) is 58.3 Å². The molecule has 2 atom stereocenters. The second-order valence-electron chi connectivity index (χ2n) is 7.85. The number of hydrogen-bond acceptors (Lipinski definition) is 6. The van der Waals surface area contributed by atoms with Gasteiger partial charge in [-0.1, -0.05) is 0 Å². The highest BCUT2D eigenvalue weighted by molar-refractivity contribution is 5.80. The molecule has 28 heavy (non-hydrogen) atoms. The molecule has 3 rings (SSSR count). The van der Waals surface area contributed by atoms with Crippen molar-refractivity contribution in [2.24, 2.45) is 4.99 Å². The highest BCUT2D eigenvalue weighted by Gasteiger charge is 2.23. The summed E-state index contributed by atoms with van der Waals surface area (Å²) >= 11 is 0. The van der Waals surface area contributed by atoms with Crippen molar-refractivity contribution in [2.75, 3.05) is 53.4 Å². The molecule has 0 aliphatic carbocycles. The number of aromatic nitrogens is 3. The number of aliphatic imine (C=N–C) groups is 1. The fourth-order valence-corrected chi connectivity index (χ4v) is 3.78. The summed E-state index contributed by atoms with van der Waals surface area (Å²) in [6.07, 6.45) is 1.95. The molecule has 0 spiro atoms. The minimum absolute atomic E-state index is 0.307. The molecule has 1 aromatic rings. The Morgan fingerprint density at radius 2 is 2.11 bits per heavy atom. The maximum atomic E-state index is 5.15. The zero-order valence-electron chi connectivity index (χ0n) is 17.8. The first kappa shape index (κ1) is 21.0. The monoisotopic (exact) mass is 392 g/mol. The smallest absolute Gasteiger partial charge is 0.191 e. The number of nitrogens with zero attached hydrogens (tertiary/aromatic N) is 6. The molecule has 2 aliphatic rings. The van der Waals surface area contributed by atoms with Crippen LogP contribution >= 0.6 is 0 Å². The van der Waals surface area contributed by atoms with Crippen LogP contribution in [0.2, 0.25) is 0 Å². The van der Waals surface area contributed by atoms with Gasteiger partial charge in [0.25, 0.3) is 0 Å². The fourth-order valence-electron chi connectivity index (χ4n) is 3.78. The molecule has 0 saturated carbocycles. The molecule has 9 heteroatoms. The lowest BCUT2D eigenvalue weighted by Gasteiger charge is -2.36. The van der Waals surface area contributed by atoms with Crippen LogP contribution in [0, 0.1) is 0 Å². The summed E-state index contributed by atoms with van der Waals surface area (Å²) in [4.78, 5) is 14.3. The van der Waals surface area contributed by atoms with Gasteiger partial charge in [-0.15, -0.1) is 0 Å². The van der Waals surface area contributed by atoms with Gasteiger partial charge >= 0.3 is 0 Å². The van der Waals surface area contributed by atoms with Crippen molar-refractivity contribution in [3.8, 4) is 0 Å². The van der Waals surface area contributed by atoms with E-state index in [2.05, 4.69) is 51.4 Å². The third-order valence-electron chi connectivity index (χ3n) is 5.54. The Kier molecular flexibility index (Phi) is 7.64. The van der Waals surface area contributed by atoms with E-state index in [-0.39, 0.29) is 0 Å². The van der Waals surface area contributed by atoms with Crippen molar-refractivity contribution < 1.29 is 4.74 Å². The van der Waals surface area contributed by atoms with E-state index in [0.717, 1.165) is 76.3 Å². The number of methoxy groups -OCH3 is 1. The molecule has 3 heterocycles. The van der Waals surface area contributed by atoms with Crippen molar-refractivity contribution in [3.63, 3.8) is 0 Å². The van der Waals surface area contributed by atoms with Gasteiger partial charge in [-0.2, -0.15) is 5.10 Å². The number of rotatable bonds is 7. The van der Waals surface area contributed by atoms with Gasteiger partial charge in [-0.05, 0) is 27.3 Å². The molecule has 1 saturated heterocycles. The van der Waals surface area contributed by atoms with Crippen LogP contribution in [-0.2, 0) is 24.3 Å². The zero-order chi connectivity index (χ0) is 19.9. The highest BCUT2D eigenvalue weighted by atomic mass is 16.5. The minimum atomic E-state index is 0.307. The number of nitrogens with one attached hydrogen (secondary N) is 2. The van der Waals surface area contributed by atoms with Crippen molar-refractivity contribution in [3.05, 3.63) is 11.6 Å². The van der Waals surface area contributed by atoms with Gasteiger partial charge in [-0.25, -0.2) is 9.67 Å². The van der Waals surface area contributed by atoms with Crippen LogP contribution in [0.4, 0.5) is 0 Å². The second-order valence-corrected chi connectivity index (χ2v) is 7.85. The quantitative estimate of drug-likeness (QED) is 0.496. The standard InChI is InChI=1S/C19H36N8O/c1-5-20-19(21-12-15(2)26-10-8-25(3)9-11-26)22-16-6-7-18-23-17(14-28-4)24-27(18)13-16/h15-16H,5-14H2,1-4H3,(H2,20,21,22). The predicted octanol–water partition coefficient (Wildman–Crippen LogP) is -0.0697. The molecule has 1 fully saturated rings. The lowest BCUT2D eigenvalue weighted by atomic mass is 10.1. The first-order valence-electron chi connectivity index (χ1n) is 10.5. The summed E-state index contributed by atoms with van der Waals surface area (Å²) in [5, 5.41) is 11.5. The molecule has 9 nitrogen and oxygen atoms in total. The molecular formula is C19H36N8O. The molecular weight excluding hydrogens is 356 g/mol. The Morgan fingerprint density at radius 1 is 1.32 bits per heavy atom. The first-order valence-corrected chi connectivity index (χ1v) is 10.5. The lowest BCUT2D eigenvalue weighted by molar-refractivity contribution is 0.122. The third kappa shape index (κ3) is 5.65. The van der Waals surface area contributed by atoms with Crippen LogP contribution in [0.5, 0.6) is 0 Å². The number of aryl methyl sites for hydroxylation is 1. The zero-order valence-corrected chi connectivity index (χ0v) is 17.8. The number of piperazine rings is 1. The summed E-state index contributed by atoms with van der Waals surface area (Å²) in [6, 6.07) is 0.760. The van der Waals surface area contributed by atoms with E-state index in [1.165, 1.54) is 0 Å². The second kappa shape index (κ2) is 10.2. The first-order chi connectivity index (χ1) is 13.6. The molecule has 2 N–H and O–H groups in total. The predicted molar refractivity (Wildman–Crippen MR) is 110 cm³/mol. The van der Waals surface area contributed by atoms with Crippen molar-refractivity contribution in [1.29, 1.82) is 0 Å². The van der Waals surface area contributed by atoms with E-state index in [1.807, 2.05) is 4.68 Å².